The molecule has 2 amide bonds. The monoisotopic (exact) mass is 360 g/mol. The lowest BCUT2D eigenvalue weighted by atomic mass is 9.81. The van der Waals surface area contributed by atoms with E-state index in [0.717, 1.165) is 17.7 Å². The highest BCUT2D eigenvalue weighted by Crippen LogP contribution is 2.30. The van der Waals surface area contributed by atoms with Crippen molar-refractivity contribution in [3.63, 3.8) is 0 Å². The molecule has 2 N–H and O–H groups in total. The van der Waals surface area contributed by atoms with Crippen LogP contribution in [0, 0.1) is 18.8 Å². The third-order valence-corrected chi connectivity index (χ3v) is 4.98. The number of carboxylic acid groups (broad SMARTS) is 1. The molecular weight excluding hydrogens is 332 g/mol. The van der Waals surface area contributed by atoms with Gasteiger partial charge in [-0.3, -0.25) is 14.4 Å². The van der Waals surface area contributed by atoms with Gasteiger partial charge < -0.3 is 15.3 Å². The molecule has 1 saturated carbocycles. The smallest absolute Gasteiger partial charge is 0.306 e. The van der Waals surface area contributed by atoms with Crippen molar-refractivity contribution in [2.75, 3.05) is 18.4 Å². The number of nitrogens with zero attached hydrogens (tertiary/aromatic N) is 1. The van der Waals surface area contributed by atoms with Crippen LogP contribution in [0.4, 0.5) is 5.69 Å². The molecule has 1 aliphatic carbocycles. The third kappa shape index (κ3) is 5.31. The number of carboxylic acids is 1. The van der Waals surface area contributed by atoms with E-state index in [1.54, 1.807) is 4.90 Å². The Morgan fingerprint density at radius 1 is 1.12 bits per heavy atom. The number of carbonyl (C=O) groups is 3. The number of benzene rings is 1. The number of amides is 2. The first-order valence-corrected chi connectivity index (χ1v) is 9.29. The van der Waals surface area contributed by atoms with Crippen LogP contribution in [-0.2, 0) is 14.4 Å². The van der Waals surface area contributed by atoms with Crippen molar-refractivity contribution in [3.8, 4) is 0 Å². The van der Waals surface area contributed by atoms with E-state index in [1.165, 1.54) is 0 Å². The molecule has 2 rings (SSSR count). The standard InChI is InChI=1S/C20H28N2O4/c1-3-12-22(13-18(23)21-17-7-5-4-6-14(17)2)19(24)15-8-10-16(11-9-15)20(25)26/h4-7,15-16H,3,8-13H2,1-2H3,(H,21,23)(H,25,26). The molecule has 0 aliphatic heterocycles. The fraction of sp³-hybridized carbons (Fsp3) is 0.550. The van der Waals surface area contributed by atoms with E-state index in [2.05, 4.69) is 5.32 Å². The van der Waals surface area contributed by atoms with Gasteiger partial charge in [-0.2, -0.15) is 0 Å². The number of carbonyl (C=O) groups excluding carboxylic acids is 2. The molecule has 0 atom stereocenters. The molecule has 0 radical (unpaired) electrons. The zero-order valence-electron chi connectivity index (χ0n) is 15.5. The van der Waals surface area contributed by atoms with Gasteiger partial charge >= 0.3 is 5.97 Å². The fourth-order valence-electron chi connectivity index (χ4n) is 3.46. The van der Waals surface area contributed by atoms with E-state index in [9.17, 15) is 14.4 Å². The Bertz CT molecular complexity index is 651. The lowest BCUT2D eigenvalue weighted by molar-refractivity contribution is -0.146. The third-order valence-electron chi connectivity index (χ3n) is 4.98. The van der Waals surface area contributed by atoms with Crippen molar-refractivity contribution in [3.05, 3.63) is 29.8 Å². The summed E-state index contributed by atoms with van der Waals surface area (Å²) in [6.45, 7) is 4.45. The molecule has 0 unspecified atom stereocenters. The minimum atomic E-state index is -0.779. The summed E-state index contributed by atoms with van der Waals surface area (Å²) < 4.78 is 0. The minimum absolute atomic E-state index is 0.0276. The summed E-state index contributed by atoms with van der Waals surface area (Å²) in [5, 5.41) is 12.0. The molecule has 6 heteroatoms. The molecule has 1 aromatic rings. The highest BCUT2D eigenvalue weighted by atomic mass is 16.4. The van der Waals surface area contributed by atoms with Crippen molar-refractivity contribution in [2.24, 2.45) is 11.8 Å². The van der Waals surface area contributed by atoms with Gasteiger partial charge in [0.05, 0.1) is 12.5 Å². The maximum Gasteiger partial charge on any atom is 0.306 e. The fourth-order valence-corrected chi connectivity index (χ4v) is 3.46. The number of hydrogen-bond donors (Lipinski definition) is 2. The zero-order chi connectivity index (χ0) is 19.1. The summed E-state index contributed by atoms with van der Waals surface area (Å²) in [7, 11) is 0. The van der Waals surface area contributed by atoms with E-state index in [4.69, 9.17) is 5.11 Å². The molecular formula is C20H28N2O4. The summed E-state index contributed by atoms with van der Waals surface area (Å²) in [6.07, 6.45) is 2.99. The molecule has 142 valence electrons. The van der Waals surface area contributed by atoms with Crippen molar-refractivity contribution < 1.29 is 19.5 Å². The average Bonchev–Trinajstić information content (AvgIpc) is 2.63. The molecule has 1 aliphatic rings. The molecule has 6 nitrogen and oxygen atoms in total. The first kappa shape index (κ1) is 19.9. The van der Waals surface area contributed by atoms with Crippen LogP contribution in [0.1, 0.15) is 44.6 Å². The number of anilines is 1. The Labute approximate surface area is 154 Å². The highest BCUT2D eigenvalue weighted by Gasteiger charge is 2.32. The minimum Gasteiger partial charge on any atom is -0.481 e. The summed E-state index contributed by atoms with van der Waals surface area (Å²) >= 11 is 0. The zero-order valence-corrected chi connectivity index (χ0v) is 15.5. The summed E-state index contributed by atoms with van der Waals surface area (Å²) in [4.78, 5) is 37.9. The van der Waals surface area contributed by atoms with Crippen LogP contribution in [-0.4, -0.2) is 40.9 Å². The van der Waals surface area contributed by atoms with Gasteiger partial charge in [0.2, 0.25) is 11.8 Å². The van der Waals surface area contributed by atoms with Gasteiger partial charge in [-0.05, 0) is 50.7 Å². The van der Waals surface area contributed by atoms with Crippen molar-refractivity contribution >= 4 is 23.5 Å². The first-order valence-electron chi connectivity index (χ1n) is 9.29. The molecule has 0 heterocycles. The molecule has 1 aromatic carbocycles. The van der Waals surface area contributed by atoms with Crippen molar-refractivity contribution in [1.29, 1.82) is 0 Å². The summed E-state index contributed by atoms with van der Waals surface area (Å²) in [6, 6.07) is 7.53. The molecule has 0 spiro atoms. The Hall–Kier alpha value is -2.37. The quantitative estimate of drug-likeness (QED) is 0.782. The van der Waals surface area contributed by atoms with Gasteiger partial charge in [0, 0.05) is 18.2 Å². The normalized spacial score (nSPS) is 19.6. The van der Waals surface area contributed by atoms with Gasteiger partial charge in [-0.15, -0.1) is 0 Å². The first-order chi connectivity index (χ1) is 12.4. The van der Waals surface area contributed by atoms with E-state index < -0.39 is 5.97 Å². The van der Waals surface area contributed by atoms with E-state index in [-0.39, 0.29) is 30.2 Å². The molecule has 26 heavy (non-hydrogen) atoms. The number of aryl methyl sites for hydroxylation is 1. The predicted octanol–water partition coefficient (Wildman–Crippen LogP) is 3.06. The van der Waals surface area contributed by atoms with Crippen molar-refractivity contribution in [1.82, 2.24) is 4.90 Å². The largest absolute Gasteiger partial charge is 0.481 e. The number of hydrogen-bond acceptors (Lipinski definition) is 3. The number of aliphatic carboxylic acids is 1. The second kappa shape index (κ2) is 9.36. The van der Waals surface area contributed by atoms with E-state index in [1.807, 2.05) is 38.1 Å². The van der Waals surface area contributed by atoms with Crippen LogP contribution in [0.3, 0.4) is 0 Å². The van der Waals surface area contributed by atoms with Crippen LogP contribution in [0.25, 0.3) is 0 Å². The number of nitrogens with one attached hydrogen (secondary N) is 1. The van der Waals surface area contributed by atoms with Gasteiger partial charge in [0.1, 0.15) is 0 Å². The summed E-state index contributed by atoms with van der Waals surface area (Å²) in [5.41, 5.74) is 1.73. The maximum absolute atomic E-state index is 12.8. The van der Waals surface area contributed by atoms with Gasteiger partial charge in [0.25, 0.3) is 0 Å². The van der Waals surface area contributed by atoms with Gasteiger partial charge in [-0.25, -0.2) is 0 Å². The van der Waals surface area contributed by atoms with Crippen LogP contribution < -0.4 is 5.32 Å². The van der Waals surface area contributed by atoms with Crippen LogP contribution in [0.2, 0.25) is 0 Å². The SMILES string of the molecule is CCCN(CC(=O)Nc1ccccc1C)C(=O)C1CCC(C(=O)O)CC1. The topological polar surface area (TPSA) is 86.7 Å². The Morgan fingerprint density at radius 2 is 1.73 bits per heavy atom. The Kier molecular flexibility index (Phi) is 7.18. The molecule has 0 bridgehead atoms. The Balaban J connectivity index is 1.95. The second-order valence-corrected chi connectivity index (χ2v) is 7.01. The van der Waals surface area contributed by atoms with E-state index in [0.29, 0.717) is 32.2 Å². The lowest BCUT2D eigenvalue weighted by Gasteiger charge is -2.30. The van der Waals surface area contributed by atoms with Crippen LogP contribution in [0.5, 0.6) is 0 Å². The average molecular weight is 360 g/mol. The maximum atomic E-state index is 12.8. The van der Waals surface area contributed by atoms with Crippen molar-refractivity contribution in [2.45, 2.75) is 46.0 Å². The molecule has 1 fully saturated rings. The lowest BCUT2D eigenvalue weighted by Crippen LogP contribution is -2.43. The molecule has 0 saturated heterocycles. The van der Waals surface area contributed by atoms with Gasteiger partial charge in [-0.1, -0.05) is 25.1 Å². The Morgan fingerprint density at radius 3 is 2.31 bits per heavy atom. The number of para-hydroxylation sites is 1. The van der Waals surface area contributed by atoms with E-state index >= 15 is 0 Å². The van der Waals surface area contributed by atoms with Gasteiger partial charge in [0.15, 0.2) is 0 Å². The van der Waals surface area contributed by atoms with Crippen LogP contribution in [0.15, 0.2) is 24.3 Å². The van der Waals surface area contributed by atoms with Crippen LogP contribution >= 0.6 is 0 Å². The number of rotatable bonds is 7. The summed E-state index contributed by atoms with van der Waals surface area (Å²) in [5.74, 6) is -1.54. The second-order valence-electron chi connectivity index (χ2n) is 7.01. The predicted molar refractivity (Wildman–Crippen MR) is 99.8 cm³/mol. The molecule has 0 aromatic heterocycles. The highest BCUT2D eigenvalue weighted by molar-refractivity contribution is 5.95.